The number of anilines is 1. The predicted octanol–water partition coefficient (Wildman–Crippen LogP) is 4.69. The fourth-order valence-electron chi connectivity index (χ4n) is 3.65. The number of aryl methyl sites for hydroxylation is 1. The summed E-state index contributed by atoms with van der Waals surface area (Å²) in [7, 11) is -2.45. The van der Waals surface area contributed by atoms with Crippen LogP contribution in [0.25, 0.3) is 0 Å². The Hall–Kier alpha value is -3.52. The van der Waals surface area contributed by atoms with E-state index in [1.165, 1.54) is 7.11 Å². The molecule has 0 aromatic heterocycles. The van der Waals surface area contributed by atoms with Crippen molar-refractivity contribution in [3.05, 3.63) is 83.9 Å². The molecule has 0 radical (unpaired) electrons. The molecule has 1 N–H and O–H groups in total. The normalized spacial score (nSPS) is 11.6. The van der Waals surface area contributed by atoms with Gasteiger partial charge >= 0.3 is 0 Å². The molecule has 0 atom stereocenters. The van der Waals surface area contributed by atoms with E-state index in [9.17, 15) is 13.2 Å². The molecule has 0 aliphatic heterocycles. The predicted molar refractivity (Wildman–Crippen MR) is 142 cm³/mol. The SMILES string of the molecule is COc1ccc(N(CC(=O)NCCOc2ccccc2C(C)(C)C)S(=O)(=O)c2ccc(C)cc2)cc1. The number of nitrogens with one attached hydrogen (secondary N) is 1. The number of carbonyl (C=O) groups excluding carboxylic acids is 1. The maximum absolute atomic E-state index is 13.5. The first kappa shape index (κ1) is 27.1. The summed E-state index contributed by atoms with van der Waals surface area (Å²) in [6.45, 7) is 8.33. The number of amides is 1. The Kier molecular flexibility index (Phi) is 8.63. The van der Waals surface area contributed by atoms with E-state index in [2.05, 4.69) is 26.1 Å². The molecule has 0 saturated heterocycles. The highest BCUT2D eigenvalue weighted by molar-refractivity contribution is 7.92. The lowest BCUT2D eigenvalue weighted by Crippen LogP contribution is -2.42. The first-order valence-electron chi connectivity index (χ1n) is 11.7. The molecule has 36 heavy (non-hydrogen) atoms. The molecular weight excluding hydrogens is 476 g/mol. The summed E-state index contributed by atoms with van der Waals surface area (Å²) in [5.41, 5.74) is 2.30. The number of benzene rings is 3. The van der Waals surface area contributed by atoms with Crippen molar-refractivity contribution in [3.8, 4) is 11.5 Å². The Labute approximate surface area is 214 Å². The molecule has 3 aromatic carbocycles. The third kappa shape index (κ3) is 6.79. The number of para-hydroxylation sites is 1. The van der Waals surface area contributed by atoms with Crippen LogP contribution < -0.4 is 19.1 Å². The maximum Gasteiger partial charge on any atom is 0.264 e. The molecule has 0 unspecified atom stereocenters. The summed E-state index contributed by atoms with van der Waals surface area (Å²) in [6, 6.07) is 20.9. The summed E-state index contributed by atoms with van der Waals surface area (Å²) < 4.78 is 39.1. The van der Waals surface area contributed by atoms with Gasteiger partial charge in [-0.2, -0.15) is 0 Å². The molecule has 0 aliphatic carbocycles. The zero-order chi connectivity index (χ0) is 26.3. The number of sulfonamides is 1. The van der Waals surface area contributed by atoms with Gasteiger partial charge in [0.2, 0.25) is 5.91 Å². The van der Waals surface area contributed by atoms with Crippen molar-refractivity contribution in [3.63, 3.8) is 0 Å². The van der Waals surface area contributed by atoms with Crippen LogP contribution >= 0.6 is 0 Å². The van der Waals surface area contributed by atoms with E-state index >= 15 is 0 Å². The smallest absolute Gasteiger partial charge is 0.264 e. The summed E-state index contributed by atoms with van der Waals surface area (Å²) in [4.78, 5) is 12.9. The standard InChI is InChI=1S/C28H34N2O5S/c1-21-10-16-24(17-11-21)36(32,33)30(22-12-14-23(34-5)15-13-22)20-27(31)29-18-19-35-26-9-7-6-8-25(26)28(2,3)4/h6-17H,18-20H2,1-5H3,(H,29,31). The highest BCUT2D eigenvalue weighted by Gasteiger charge is 2.27. The number of nitrogens with zero attached hydrogens (tertiary/aromatic N) is 1. The average Bonchev–Trinajstić information content (AvgIpc) is 2.85. The number of hydrogen-bond donors (Lipinski definition) is 1. The zero-order valence-corrected chi connectivity index (χ0v) is 22.3. The van der Waals surface area contributed by atoms with E-state index in [0.717, 1.165) is 21.2 Å². The number of methoxy groups -OCH3 is 1. The molecule has 0 aliphatic rings. The Morgan fingerprint density at radius 2 is 1.58 bits per heavy atom. The number of ether oxygens (including phenoxy) is 2. The first-order chi connectivity index (χ1) is 17.0. The van der Waals surface area contributed by atoms with E-state index in [-0.39, 0.29) is 30.0 Å². The third-order valence-corrected chi connectivity index (χ3v) is 7.42. The van der Waals surface area contributed by atoms with Gasteiger partial charge in [0, 0.05) is 0 Å². The molecule has 0 saturated carbocycles. The van der Waals surface area contributed by atoms with Crippen LogP contribution in [0.4, 0.5) is 5.69 Å². The van der Waals surface area contributed by atoms with Crippen LogP contribution in [0.15, 0.2) is 77.7 Å². The van der Waals surface area contributed by atoms with E-state index in [0.29, 0.717) is 11.4 Å². The van der Waals surface area contributed by atoms with Crippen molar-refractivity contribution < 1.29 is 22.7 Å². The topological polar surface area (TPSA) is 84.9 Å². The number of carbonyl (C=O) groups is 1. The Bertz CT molecular complexity index is 1260. The molecule has 0 fully saturated rings. The highest BCUT2D eigenvalue weighted by Crippen LogP contribution is 2.31. The van der Waals surface area contributed by atoms with Gasteiger partial charge < -0.3 is 14.8 Å². The minimum atomic E-state index is -3.98. The van der Waals surface area contributed by atoms with Gasteiger partial charge in [-0.15, -0.1) is 0 Å². The van der Waals surface area contributed by atoms with E-state index in [1.54, 1.807) is 48.5 Å². The maximum atomic E-state index is 13.5. The summed E-state index contributed by atoms with van der Waals surface area (Å²) in [5.74, 6) is 0.916. The fraction of sp³-hybridized carbons (Fsp3) is 0.321. The van der Waals surface area contributed by atoms with Crippen molar-refractivity contribution in [1.29, 1.82) is 0 Å². The van der Waals surface area contributed by atoms with Gasteiger partial charge in [0.15, 0.2) is 0 Å². The van der Waals surface area contributed by atoms with Crippen LogP contribution in [-0.2, 0) is 20.2 Å². The zero-order valence-electron chi connectivity index (χ0n) is 21.4. The lowest BCUT2D eigenvalue weighted by atomic mass is 9.86. The quantitative estimate of drug-likeness (QED) is 0.400. The van der Waals surface area contributed by atoms with E-state index in [4.69, 9.17) is 9.47 Å². The third-order valence-electron chi connectivity index (χ3n) is 5.63. The largest absolute Gasteiger partial charge is 0.497 e. The van der Waals surface area contributed by atoms with Gasteiger partial charge in [-0.25, -0.2) is 8.42 Å². The fourth-order valence-corrected chi connectivity index (χ4v) is 5.07. The van der Waals surface area contributed by atoms with Crippen LogP contribution in [0.5, 0.6) is 11.5 Å². The van der Waals surface area contributed by atoms with Crippen molar-refractivity contribution in [2.75, 3.05) is 31.1 Å². The molecule has 0 bridgehead atoms. The lowest BCUT2D eigenvalue weighted by molar-refractivity contribution is -0.119. The summed E-state index contributed by atoms with van der Waals surface area (Å²) in [6.07, 6.45) is 0. The van der Waals surface area contributed by atoms with E-state index < -0.39 is 15.9 Å². The van der Waals surface area contributed by atoms with E-state index in [1.807, 2.05) is 31.2 Å². The molecule has 8 heteroatoms. The van der Waals surface area contributed by atoms with Crippen LogP contribution in [0.3, 0.4) is 0 Å². The minimum absolute atomic E-state index is 0.0803. The monoisotopic (exact) mass is 510 g/mol. The second kappa shape index (κ2) is 11.5. The molecular formula is C28H34N2O5S. The summed E-state index contributed by atoms with van der Waals surface area (Å²) in [5, 5.41) is 2.77. The van der Waals surface area contributed by atoms with Gasteiger partial charge in [0.05, 0.1) is 24.2 Å². The van der Waals surface area contributed by atoms with Gasteiger partial charge in [0.1, 0.15) is 24.7 Å². The molecule has 7 nitrogen and oxygen atoms in total. The molecule has 3 aromatic rings. The molecule has 192 valence electrons. The first-order valence-corrected chi connectivity index (χ1v) is 13.2. The van der Waals surface area contributed by atoms with Crippen molar-refractivity contribution in [2.24, 2.45) is 0 Å². The second-order valence-corrected chi connectivity index (χ2v) is 11.3. The number of hydrogen-bond acceptors (Lipinski definition) is 5. The Balaban J connectivity index is 1.71. The lowest BCUT2D eigenvalue weighted by Gasteiger charge is -2.24. The molecule has 0 heterocycles. The highest BCUT2D eigenvalue weighted by atomic mass is 32.2. The Morgan fingerprint density at radius 1 is 0.944 bits per heavy atom. The average molecular weight is 511 g/mol. The van der Waals surface area contributed by atoms with Gasteiger partial charge in [-0.3, -0.25) is 9.10 Å². The number of rotatable bonds is 10. The van der Waals surface area contributed by atoms with Crippen molar-refractivity contribution >= 4 is 21.6 Å². The molecule has 0 spiro atoms. The van der Waals surface area contributed by atoms with Crippen LogP contribution in [-0.4, -0.2) is 41.1 Å². The molecule has 3 rings (SSSR count). The van der Waals surface area contributed by atoms with Crippen LogP contribution in [0, 0.1) is 6.92 Å². The van der Waals surface area contributed by atoms with Gasteiger partial charge in [-0.1, -0.05) is 56.7 Å². The minimum Gasteiger partial charge on any atom is -0.497 e. The van der Waals surface area contributed by atoms with Crippen LogP contribution in [0.2, 0.25) is 0 Å². The van der Waals surface area contributed by atoms with Gasteiger partial charge in [-0.05, 0) is 60.4 Å². The second-order valence-electron chi connectivity index (χ2n) is 9.47. The van der Waals surface area contributed by atoms with Gasteiger partial charge in [0.25, 0.3) is 10.0 Å². The summed E-state index contributed by atoms with van der Waals surface area (Å²) >= 11 is 0. The molecule has 1 amide bonds. The van der Waals surface area contributed by atoms with Crippen LogP contribution in [0.1, 0.15) is 31.9 Å². The van der Waals surface area contributed by atoms with Crippen molar-refractivity contribution in [1.82, 2.24) is 5.32 Å². The Morgan fingerprint density at radius 3 is 2.19 bits per heavy atom. The van der Waals surface area contributed by atoms with Crippen molar-refractivity contribution in [2.45, 2.75) is 38.0 Å².